The predicted molar refractivity (Wildman–Crippen MR) is 117 cm³/mol. The first-order valence-corrected chi connectivity index (χ1v) is 10.2. The third-order valence-electron chi connectivity index (χ3n) is 4.94. The van der Waals surface area contributed by atoms with E-state index in [4.69, 9.17) is 9.47 Å². The van der Waals surface area contributed by atoms with Gasteiger partial charge in [0.15, 0.2) is 6.10 Å². The molecule has 2 aromatic carbocycles. The SMILES string of the molecule is CCOc1ccc(NC(=O)[C@@H](C)OC(=O)C[C@@H]2c3ccccc3C=CN2C(C)=O)cc1. The molecule has 1 N–H and O–H groups in total. The molecule has 0 saturated heterocycles. The van der Waals surface area contributed by atoms with Crippen molar-refractivity contribution in [1.82, 2.24) is 4.90 Å². The quantitative estimate of drug-likeness (QED) is 0.684. The number of anilines is 1. The lowest BCUT2D eigenvalue weighted by atomic mass is 9.94. The maximum absolute atomic E-state index is 12.6. The van der Waals surface area contributed by atoms with Gasteiger partial charge >= 0.3 is 5.97 Å². The fourth-order valence-corrected chi connectivity index (χ4v) is 3.41. The summed E-state index contributed by atoms with van der Waals surface area (Å²) in [7, 11) is 0. The molecule has 1 aliphatic heterocycles. The van der Waals surface area contributed by atoms with Gasteiger partial charge in [0.1, 0.15) is 5.75 Å². The van der Waals surface area contributed by atoms with Gasteiger partial charge in [0.05, 0.1) is 19.1 Å². The Hall–Kier alpha value is -3.61. The Kier molecular flexibility index (Phi) is 7.07. The van der Waals surface area contributed by atoms with Crippen molar-refractivity contribution in [3.8, 4) is 5.75 Å². The van der Waals surface area contributed by atoms with Crippen molar-refractivity contribution in [3.63, 3.8) is 0 Å². The van der Waals surface area contributed by atoms with Gasteiger partial charge in [-0.25, -0.2) is 0 Å². The highest BCUT2D eigenvalue weighted by Crippen LogP contribution is 2.33. The zero-order valence-corrected chi connectivity index (χ0v) is 17.8. The number of nitrogens with zero attached hydrogens (tertiary/aromatic N) is 1. The van der Waals surface area contributed by atoms with E-state index in [1.54, 1.807) is 30.5 Å². The van der Waals surface area contributed by atoms with E-state index in [0.29, 0.717) is 18.0 Å². The summed E-state index contributed by atoms with van der Waals surface area (Å²) in [5.41, 5.74) is 2.38. The standard InChI is InChI=1S/C24H26N2O5/c1-4-30-20-11-9-19(10-12-20)25-24(29)16(2)31-23(28)15-22-21-8-6-5-7-18(21)13-14-26(22)17(3)27/h5-14,16,22H,4,15H2,1-3H3,(H,25,29)/t16-,22-/m1/s1. The molecular formula is C24H26N2O5. The Bertz CT molecular complexity index is 984. The van der Waals surface area contributed by atoms with Gasteiger partial charge in [-0.15, -0.1) is 0 Å². The number of carbonyl (C=O) groups excluding carboxylic acids is 3. The van der Waals surface area contributed by atoms with Gasteiger partial charge in [-0.3, -0.25) is 14.4 Å². The van der Waals surface area contributed by atoms with Crippen LogP contribution < -0.4 is 10.1 Å². The number of nitrogens with one attached hydrogen (secondary N) is 1. The maximum Gasteiger partial charge on any atom is 0.309 e. The van der Waals surface area contributed by atoms with Gasteiger partial charge < -0.3 is 19.7 Å². The van der Waals surface area contributed by atoms with Gasteiger partial charge in [0.2, 0.25) is 5.91 Å². The molecule has 0 radical (unpaired) electrons. The predicted octanol–water partition coefficient (Wildman–Crippen LogP) is 3.92. The first kappa shape index (κ1) is 22.1. The minimum absolute atomic E-state index is 0.0540. The summed E-state index contributed by atoms with van der Waals surface area (Å²) in [5.74, 6) is -0.470. The smallest absolute Gasteiger partial charge is 0.309 e. The second-order valence-corrected chi connectivity index (χ2v) is 7.17. The molecule has 0 saturated carbocycles. The molecular weight excluding hydrogens is 396 g/mol. The highest BCUT2D eigenvalue weighted by atomic mass is 16.5. The van der Waals surface area contributed by atoms with Crippen molar-refractivity contribution in [3.05, 3.63) is 65.9 Å². The fraction of sp³-hybridized carbons (Fsp3) is 0.292. The Morgan fingerprint density at radius 1 is 1.10 bits per heavy atom. The molecule has 0 aromatic heterocycles. The van der Waals surface area contributed by atoms with Crippen LogP contribution in [0.5, 0.6) is 5.75 Å². The number of amides is 2. The van der Waals surface area contributed by atoms with E-state index in [-0.39, 0.29) is 12.3 Å². The molecule has 31 heavy (non-hydrogen) atoms. The average molecular weight is 422 g/mol. The van der Waals surface area contributed by atoms with Crippen LogP contribution in [0, 0.1) is 0 Å². The number of fused-ring (bicyclic) bond motifs is 1. The van der Waals surface area contributed by atoms with Crippen molar-refractivity contribution >= 4 is 29.5 Å². The second kappa shape index (κ2) is 9.93. The monoisotopic (exact) mass is 422 g/mol. The molecule has 0 bridgehead atoms. The Balaban J connectivity index is 1.61. The molecule has 7 nitrogen and oxygen atoms in total. The second-order valence-electron chi connectivity index (χ2n) is 7.17. The number of esters is 1. The van der Waals surface area contributed by atoms with Gasteiger partial charge in [-0.2, -0.15) is 0 Å². The van der Waals surface area contributed by atoms with Crippen LogP contribution in [0.1, 0.15) is 44.4 Å². The topological polar surface area (TPSA) is 84.9 Å². The van der Waals surface area contributed by atoms with Crippen LogP contribution in [0.3, 0.4) is 0 Å². The van der Waals surface area contributed by atoms with Crippen LogP contribution in [-0.2, 0) is 19.1 Å². The zero-order chi connectivity index (χ0) is 22.4. The summed E-state index contributed by atoms with van der Waals surface area (Å²) in [6, 6.07) is 14.0. The van der Waals surface area contributed by atoms with E-state index >= 15 is 0 Å². The number of hydrogen-bond acceptors (Lipinski definition) is 5. The van der Waals surface area contributed by atoms with Crippen LogP contribution in [0.25, 0.3) is 6.08 Å². The zero-order valence-electron chi connectivity index (χ0n) is 17.8. The molecule has 0 unspecified atom stereocenters. The van der Waals surface area contributed by atoms with Crippen LogP contribution in [-0.4, -0.2) is 35.4 Å². The lowest BCUT2D eigenvalue weighted by Gasteiger charge is -2.32. The molecule has 0 spiro atoms. The third kappa shape index (κ3) is 5.51. The molecule has 2 amide bonds. The number of carbonyl (C=O) groups is 3. The molecule has 3 rings (SSSR count). The molecule has 7 heteroatoms. The van der Waals surface area contributed by atoms with Crippen molar-refractivity contribution < 1.29 is 23.9 Å². The third-order valence-corrected chi connectivity index (χ3v) is 4.94. The number of ether oxygens (including phenoxy) is 2. The number of benzene rings is 2. The number of rotatable bonds is 7. The highest BCUT2D eigenvalue weighted by molar-refractivity contribution is 5.95. The van der Waals surface area contributed by atoms with Gasteiger partial charge in [-0.05, 0) is 55.3 Å². The average Bonchev–Trinajstić information content (AvgIpc) is 2.75. The van der Waals surface area contributed by atoms with Crippen LogP contribution in [0.4, 0.5) is 5.69 Å². The molecule has 1 aliphatic rings. The Labute approximate surface area is 181 Å². The van der Waals surface area contributed by atoms with Gasteiger partial charge in [0, 0.05) is 18.8 Å². The summed E-state index contributed by atoms with van der Waals surface area (Å²) in [4.78, 5) is 38.6. The molecule has 162 valence electrons. The number of hydrogen-bond donors (Lipinski definition) is 1. The first-order valence-electron chi connectivity index (χ1n) is 10.2. The fourth-order valence-electron chi connectivity index (χ4n) is 3.41. The van der Waals surface area contributed by atoms with Gasteiger partial charge in [0.25, 0.3) is 5.91 Å². The van der Waals surface area contributed by atoms with E-state index in [1.807, 2.05) is 37.3 Å². The maximum atomic E-state index is 12.6. The summed E-state index contributed by atoms with van der Waals surface area (Å²) >= 11 is 0. The molecule has 0 fully saturated rings. The minimum atomic E-state index is -0.987. The normalized spacial score (nSPS) is 15.6. The largest absolute Gasteiger partial charge is 0.494 e. The summed E-state index contributed by atoms with van der Waals surface area (Å²) in [5, 5.41) is 2.72. The van der Waals surface area contributed by atoms with Gasteiger partial charge in [-0.1, -0.05) is 24.3 Å². The Morgan fingerprint density at radius 3 is 2.48 bits per heavy atom. The van der Waals surface area contributed by atoms with Crippen LogP contribution in [0.15, 0.2) is 54.7 Å². The first-order chi connectivity index (χ1) is 14.9. The lowest BCUT2D eigenvalue weighted by molar-refractivity contribution is -0.154. The van der Waals surface area contributed by atoms with Crippen molar-refractivity contribution in [2.24, 2.45) is 0 Å². The minimum Gasteiger partial charge on any atom is -0.494 e. The molecule has 1 heterocycles. The van der Waals surface area contributed by atoms with Crippen molar-refractivity contribution in [2.45, 2.75) is 39.3 Å². The van der Waals surface area contributed by atoms with Crippen LogP contribution in [0.2, 0.25) is 0 Å². The highest BCUT2D eigenvalue weighted by Gasteiger charge is 2.30. The summed E-state index contributed by atoms with van der Waals surface area (Å²) < 4.78 is 10.7. The van der Waals surface area contributed by atoms with E-state index in [9.17, 15) is 14.4 Å². The van der Waals surface area contributed by atoms with E-state index in [2.05, 4.69) is 5.32 Å². The van der Waals surface area contributed by atoms with Crippen molar-refractivity contribution in [1.29, 1.82) is 0 Å². The van der Waals surface area contributed by atoms with E-state index < -0.39 is 24.0 Å². The van der Waals surface area contributed by atoms with Crippen LogP contribution >= 0.6 is 0 Å². The molecule has 2 atom stereocenters. The molecule has 2 aromatic rings. The van der Waals surface area contributed by atoms with Crippen molar-refractivity contribution in [2.75, 3.05) is 11.9 Å². The lowest BCUT2D eigenvalue weighted by Crippen LogP contribution is -2.34. The van der Waals surface area contributed by atoms with E-state index in [0.717, 1.165) is 11.1 Å². The van der Waals surface area contributed by atoms with E-state index in [1.165, 1.54) is 18.7 Å². The summed E-state index contributed by atoms with van der Waals surface area (Å²) in [6.07, 6.45) is 2.47. The molecule has 0 aliphatic carbocycles. The Morgan fingerprint density at radius 2 is 1.81 bits per heavy atom. The summed E-state index contributed by atoms with van der Waals surface area (Å²) in [6.45, 7) is 5.41.